The third kappa shape index (κ3) is 2.29. The van der Waals surface area contributed by atoms with Crippen molar-refractivity contribution >= 4 is 22.5 Å². The van der Waals surface area contributed by atoms with Crippen LogP contribution in [0.25, 0.3) is 10.9 Å². The van der Waals surface area contributed by atoms with E-state index in [0.29, 0.717) is 6.42 Å². The van der Waals surface area contributed by atoms with Gasteiger partial charge in [-0.25, -0.2) is 0 Å². The highest BCUT2D eigenvalue weighted by atomic mass is 16.5. The molecule has 0 bridgehead atoms. The maximum Gasteiger partial charge on any atom is 0.224 e. The van der Waals surface area contributed by atoms with E-state index in [2.05, 4.69) is 10.3 Å². The molecule has 0 spiro atoms. The molecular formula is C18H14N2O2. The topological polar surface area (TPSA) is 51.2 Å². The average Bonchev–Trinajstić information content (AvgIpc) is 2.55. The molecule has 2 aromatic carbocycles. The third-order valence-electron chi connectivity index (χ3n) is 3.80. The van der Waals surface area contributed by atoms with E-state index >= 15 is 0 Å². The number of nitrogens with zero attached hydrogens (tertiary/aromatic N) is 1. The smallest absolute Gasteiger partial charge is 0.224 e. The van der Waals surface area contributed by atoms with Crippen molar-refractivity contribution in [1.29, 1.82) is 0 Å². The number of aromatic nitrogens is 1. The van der Waals surface area contributed by atoms with Crippen molar-refractivity contribution in [2.45, 2.75) is 12.8 Å². The van der Waals surface area contributed by atoms with Crippen LogP contribution in [-0.2, 0) is 11.2 Å². The zero-order valence-corrected chi connectivity index (χ0v) is 11.9. The predicted octanol–water partition coefficient (Wildman–Crippen LogP) is 3.91. The fourth-order valence-electron chi connectivity index (χ4n) is 2.71. The van der Waals surface area contributed by atoms with E-state index in [9.17, 15) is 4.79 Å². The standard InChI is InChI=1S/C18H14N2O2/c21-17-9-6-13-11-14(7-8-15(13)20-17)22-16-5-1-3-12-4-2-10-19-18(12)16/h1-5,7-8,10-11H,6,9H2,(H,20,21). The molecule has 1 aliphatic heterocycles. The highest BCUT2D eigenvalue weighted by Gasteiger charge is 2.15. The molecule has 4 nitrogen and oxygen atoms in total. The van der Waals surface area contributed by atoms with E-state index < -0.39 is 0 Å². The number of ether oxygens (including phenoxy) is 1. The molecule has 1 amide bonds. The molecule has 108 valence electrons. The fourth-order valence-corrected chi connectivity index (χ4v) is 2.71. The van der Waals surface area contributed by atoms with Crippen molar-refractivity contribution in [2.24, 2.45) is 0 Å². The van der Waals surface area contributed by atoms with Gasteiger partial charge < -0.3 is 10.1 Å². The van der Waals surface area contributed by atoms with Gasteiger partial charge in [-0.2, -0.15) is 0 Å². The summed E-state index contributed by atoms with van der Waals surface area (Å²) in [5, 5.41) is 3.92. The van der Waals surface area contributed by atoms with Crippen molar-refractivity contribution in [3.63, 3.8) is 0 Å². The van der Waals surface area contributed by atoms with E-state index in [0.717, 1.165) is 40.1 Å². The molecule has 0 saturated carbocycles. The summed E-state index contributed by atoms with van der Waals surface area (Å²) in [4.78, 5) is 15.8. The summed E-state index contributed by atoms with van der Waals surface area (Å²) < 4.78 is 6.01. The van der Waals surface area contributed by atoms with Crippen LogP contribution >= 0.6 is 0 Å². The molecule has 2 heterocycles. The highest BCUT2D eigenvalue weighted by Crippen LogP contribution is 2.32. The number of hydrogen-bond donors (Lipinski definition) is 1. The van der Waals surface area contributed by atoms with Crippen molar-refractivity contribution < 1.29 is 9.53 Å². The van der Waals surface area contributed by atoms with Crippen LogP contribution in [0.5, 0.6) is 11.5 Å². The van der Waals surface area contributed by atoms with E-state index in [1.165, 1.54) is 0 Å². The lowest BCUT2D eigenvalue weighted by molar-refractivity contribution is -0.116. The van der Waals surface area contributed by atoms with Crippen LogP contribution in [0.2, 0.25) is 0 Å². The van der Waals surface area contributed by atoms with Crippen molar-refractivity contribution in [2.75, 3.05) is 5.32 Å². The number of pyridine rings is 1. The molecular weight excluding hydrogens is 276 g/mol. The summed E-state index contributed by atoms with van der Waals surface area (Å²) in [6.07, 6.45) is 3.02. The Morgan fingerprint density at radius 3 is 2.91 bits per heavy atom. The van der Waals surface area contributed by atoms with Gasteiger partial charge in [0.15, 0.2) is 5.75 Å². The van der Waals surface area contributed by atoms with Crippen LogP contribution in [0.15, 0.2) is 54.7 Å². The molecule has 0 atom stereocenters. The van der Waals surface area contributed by atoms with Crippen LogP contribution in [0, 0.1) is 0 Å². The normalized spacial score (nSPS) is 13.5. The Morgan fingerprint density at radius 1 is 1.05 bits per heavy atom. The van der Waals surface area contributed by atoms with Crippen LogP contribution < -0.4 is 10.1 Å². The van der Waals surface area contributed by atoms with E-state index in [-0.39, 0.29) is 5.91 Å². The lowest BCUT2D eigenvalue weighted by Gasteiger charge is -2.17. The Kier molecular flexibility index (Phi) is 3.00. The second-order valence-corrected chi connectivity index (χ2v) is 5.30. The summed E-state index contributed by atoms with van der Waals surface area (Å²) in [6, 6.07) is 15.5. The summed E-state index contributed by atoms with van der Waals surface area (Å²) in [5.74, 6) is 1.56. The van der Waals surface area contributed by atoms with Gasteiger partial charge in [0.25, 0.3) is 0 Å². The minimum atomic E-state index is 0.0689. The maximum absolute atomic E-state index is 11.4. The first-order chi connectivity index (χ1) is 10.8. The summed E-state index contributed by atoms with van der Waals surface area (Å²) in [6.45, 7) is 0. The Morgan fingerprint density at radius 2 is 1.95 bits per heavy atom. The number of carbonyl (C=O) groups excluding carboxylic acids is 1. The SMILES string of the molecule is O=C1CCc2cc(Oc3cccc4cccnc34)ccc2N1. The van der Waals surface area contributed by atoms with Crippen LogP contribution in [0.1, 0.15) is 12.0 Å². The number of anilines is 1. The van der Waals surface area contributed by atoms with Crippen LogP contribution in [0.3, 0.4) is 0 Å². The Bertz CT molecular complexity index is 869. The zero-order chi connectivity index (χ0) is 14.9. The minimum absolute atomic E-state index is 0.0689. The molecule has 3 aromatic rings. The lowest BCUT2D eigenvalue weighted by Crippen LogP contribution is -2.18. The predicted molar refractivity (Wildman–Crippen MR) is 85.2 cm³/mol. The fraction of sp³-hybridized carbons (Fsp3) is 0.111. The molecule has 0 fully saturated rings. The molecule has 22 heavy (non-hydrogen) atoms. The second-order valence-electron chi connectivity index (χ2n) is 5.30. The number of benzene rings is 2. The van der Waals surface area contributed by atoms with Gasteiger partial charge in [0, 0.05) is 23.7 Å². The monoisotopic (exact) mass is 290 g/mol. The molecule has 0 unspecified atom stereocenters. The number of carbonyl (C=O) groups is 1. The maximum atomic E-state index is 11.4. The number of fused-ring (bicyclic) bond motifs is 2. The summed E-state index contributed by atoms with van der Waals surface area (Å²) >= 11 is 0. The van der Waals surface area contributed by atoms with Gasteiger partial charge in [0.2, 0.25) is 5.91 Å². The summed E-state index contributed by atoms with van der Waals surface area (Å²) in [5.41, 5.74) is 2.82. The first-order valence-electron chi connectivity index (χ1n) is 7.24. The number of para-hydroxylation sites is 1. The van der Waals surface area contributed by atoms with E-state index in [1.807, 2.05) is 48.5 Å². The van der Waals surface area contributed by atoms with Gasteiger partial charge in [0.1, 0.15) is 11.3 Å². The zero-order valence-electron chi connectivity index (χ0n) is 11.9. The quantitative estimate of drug-likeness (QED) is 0.778. The molecule has 4 rings (SSSR count). The van der Waals surface area contributed by atoms with Gasteiger partial charge in [-0.15, -0.1) is 0 Å². The number of rotatable bonds is 2. The lowest BCUT2D eigenvalue weighted by atomic mass is 10.0. The molecule has 1 N–H and O–H groups in total. The molecule has 1 aliphatic rings. The molecule has 1 aromatic heterocycles. The van der Waals surface area contributed by atoms with Crippen LogP contribution in [-0.4, -0.2) is 10.9 Å². The van der Waals surface area contributed by atoms with Gasteiger partial charge >= 0.3 is 0 Å². The number of nitrogens with one attached hydrogen (secondary N) is 1. The highest BCUT2D eigenvalue weighted by molar-refractivity contribution is 5.94. The first kappa shape index (κ1) is 12.8. The Labute approximate surface area is 127 Å². The number of amides is 1. The minimum Gasteiger partial charge on any atom is -0.455 e. The number of hydrogen-bond acceptors (Lipinski definition) is 3. The van der Waals surface area contributed by atoms with Gasteiger partial charge in [0.05, 0.1) is 0 Å². The van der Waals surface area contributed by atoms with Crippen LogP contribution in [0.4, 0.5) is 5.69 Å². The molecule has 4 heteroatoms. The van der Waals surface area contributed by atoms with Gasteiger partial charge in [-0.1, -0.05) is 18.2 Å². The second kappa shape index (κ2) is 5.15. The van der Waals surface area contributed by atoms with Gasteiger partial charge in [-0.05, 0) is 42.3 Å². The molecule has 0 saturated heterocycles. The Balaban J connectivity index is 1.70. The molecule has 0 aliphatic carbocycles. The van der Waals surface area contributed by atoms with E-state index in [1.54, 1.807) is 6.20 Å². The first-order valence-corrected chi connectivity index (χ1v) is 7.24. The summed E-state index contributed by atoms with van der Waals surface area (Å²) in [7, 11) is 0. The Hall–Kier alpha value is -2.88. The third-order valence-corrected chi connectivity index (χ3v) is 3.80. The van der Waals surface area contributed by atoms with Crippen molar-refractivity contribution in [3.05, 3.63) is 60.3 Å². The van der Waals surface area contributed by atoms with E-state index in [4.69, 9.17) is 4.74 Å². The van der Waals surface area contributed by atoms with Crippen molar-refractivity contribution in [3.8, 4) is 11.5 Å². The van der Waals surface area contributed by atoms with Crippen molar-refractivity contribution in [1.82, 2.24) is 4.98 Å². The molecule has 0 radical (unpaired) electrons. The van der Waals surface area contributed by atoms with Gasteiger partial charge in [-0.3, -0.25) is 9.78 Å². The average molecular weight is 290 g/mol. The number of aryl methyl sites for hydroxylation is 1. The largest absolute Gasteiger partial charge is 0.455 e.